The van der Waals surface area contributed by atoms with E-state index in [0.29, 0.717) is 36.8 Å². The lowest BCUT2D eigenvalue weighted by molar-refractivity contribution is -0.127. The first-order chi connectivity index (χ1) is 15.5. The molecule has 32 heavy (non-hydrogen) atoms. The molecule has 8 nitrogen and oxygen atoms in total. The van der Waals surface area contributed by atoms with Crippen LogP contribution in [0.3, 0.4) is 0 Å². The Morgan fingerprint density at radius 3 is 2.72 bits per heavy atom. The van der Waals surface area contributed by atoms with Crippen LogP contribution in [0.4, 0.5) is 0 Å². The number of rotatable bonds is 8. The van der Waals surface area contributed by atoms with E-state index in [1.165, 1.54) is 10.7 Å². The fourth-order valence-electron chi connectivity index (χ4n) is 3.28. The van der Waals surface area contributed by atoms with Gasteiger partial charge in [0, 0.05) is 30.8 Å². The van der Waals surface area contributed by atoms with Gasteiger partial charge in [-0.2, -0.15) is 5.10 Å². The van der Waals surface area contributed by atoms with Gasteiger partial charge in [-0.25, -0.2) is 4.68 Å². The van der Waals surface area contributed by atoms with Crippen LogP contribution in [-0.4, -0.2) is 35.1 Å². The van der Waals surface area contributed by atoms with Gasteiger partial charge in [-0.05, 0) is 38.5 Å². The van der Waals surface area contributed by atoms with Crippen LogP contribution in [0, 0.1) is 6.92 Å². The van der Waals surface area contributed by atoms with E-state index in [2.05, 4.69) is 10.4 Å². The van der Waals surface area contributed by atoms with E-state index in [4.69, 9.17) is 14.2 Å². The molecule has 1 N–H and O–H groups in total. The minimum Gasteiger partial charge on any atom is -0.481 e. The number of carbonyl (C=O) groups is 1. The Labute approximate surface area is 185 Å². The van der Waals surface area contributed by atoms with Gasteiger partial charge in [0.05, 0.1) is 5.69 Å². The van der Waals surface area contributed by atoms with Crippen LogP contribution < -0.4 is 25.1 Å². The molecule has 0 spiro atoms. The molecule has 1 aliphatic heterocycles. The van der Waals surface area contributed by atoms with E-state index in [0.717, 1.165) is 16.8 Å². The highest BCUT2D eigenvalue weighted by atomic mass is 16.7. The summed E-state index contributed by atoms with van der Waals surface area (Å²) < 4.78 is 17.7. The average Bonchev–Trinajstić information content (AvgIpc) is 3.26. The number of hydrogen-bond acceptors (Lipinski definition) is 6. The van der Waals surface area contributed by atoms with E-state index in [9.17, 15) is 9.59 Å². The van der Waals surface area contributed by atoms with Crippen LogP contribution in [0.2, 0.25) is 0 Å². The van der Waals surface area contributed by atoms with Gasteiger partial charge in [0.1, 0.15) is 5.75 Å². The highest BCUT2D eigenvalue weighted by Gasteiger charge is 2.18. The fraction of sp³-hybridized carbons (Fsp3) is 0.292. The zero-order valence-electron chi connectivity index (χ0n) is 18.0. The standard InChI is InChI=1S/C24H25N3O5/c1-16-4-6-18(7-5-16)20-9-11-23(28)27(26-20)13-3-12-25-24(29)17(2)32-19-8-10-21-22(14-19)31-15-30-21/h4-11,14,17H,3,12-13,15H2,1-2H3,(H,25,29). The molecule has 0 fully saturated rings. The maximum Gasteiger partial charge on any atom is 0.266 e. The van der Waals surface area contributed by atoms with Crippen LogP contribution >= 0.6 is 0 Å². The Balaban J connectivity index is 1.27. The fourth-order valence-corrected chi connectivity index (χ4v) is 3.28. The minimum atomic E-state index is -0.680. The molecule has 1 aromatic heterocycles. The molecule has 0 saturated heterocycles. The molecule has 1 amide bonds. The van der Waals surface area contributed by atoms with Crippen molar-refractivity contribution in [3.63, 3.8) is 0 Å². The van der Waals surface area contributed by atoms with Gasteiger partial charge in [-0.1, -0.05) is 29.8 Å². The first kappa shape index (κ1) is 21.4. The van der Waals surface area contributed by atoms with Gasteiger partial charge in [0.25, 0.3) is 11.5 Å². The molecule has 0 aliphatic carbocycles. The summed E-state index contributed by atoms with van der Waals surface area (Å²) in [6.45, 7) is 4.68. The maximum absolute atomic E-state index is 12.3. The quantitative estimate of drug-likeness (QED) is 0.547. The molecule has 2 aromatic carbocycles. The second-order valence-electron chi connectivity index (χ2n) is 7.57. The van der Waals surface area contributed by atoms with E-state index in [1.54, 1.807) is 31.2 Å². The Bertz CT molecular complexity index is 1160. The van der Waals surface area contributed by atoms with Gasteiger partial charge in [0.15, 0.2) is 17.6 Å². The Hall–Kier alpha value is -3.81. The molecule has 0 saturated carbocycles. The van der Waals surface area contributed by atoms with Crippen LogP contribution in [0.1, 0.15) is 18.9 Å². The molecule has 0 radical (unpaired) electrons. The van der Waals surface area contributed by atoms with Crippen molar-refractivity contribution in [3.05, 3.63) is 70.5 Å². The summed E-state index contributed by atoms with van der Waals surface area (Å²) in [5.41, 5.74) is 2.67. The van der Waals surface area contributed by atoms with Crippen molar-refractivity contribution in [2.75, 3.05) is 13.3 Å². The minimum absolute atomic E-state index is 0.174. The summed E-state index contributed by atoms with van der Waals surface area (Å²) >= 11 is 0. The van der Waals surface area contributed by atoms with Crippen molar-refractivity contribution in [3.8, 4) is 28.5 Å². The predicted molar refractivity (Wildman–Crippen MR) is 119 cm³/mol. The molecule has 166 valence electrons. The van der Waals surface area contributed by atoms with Gasteiger partial charge >= 0.3 is 0 Å². The topological polar surface area (TPSA) is 91.7 Å². The molecular weight excluding hydrogens is 410 g/mol. The van der Waals surface area contributed by atoms with Gasteiger partial charge < -0.3 is 19.5 Å². The predicted octanol–water partition coefficient (Wildman–Crippen LogP) is 2.92. The second kappa shape index (κ2) is 9.55. The number of benzene rings is 2. The Kier molecular flexibility index (Phi) is 6.39. The number of aryl methyl sites for hydroxylation is 2. The van der Waals surface area contributed by atoms with E-state index >= 15 is 0 Å². The molecule has 1 aliphatic rings. The number of amides is 1. The van der Waals surface area contributed by atoms with Crippen LogP contribution in [-0.2, 0) is 11.3 Å². The van der Waals surface area contributed by atoms with Crippen LogP contribution in [0.25, 0.3) is 11.3 Å². The van der Waals surface area contributed by atoms with E-state index in [1.807, 2.05) is 31.2 Å². The molecule has 1 unspecified atom stereocenters. The third-order valence-electron chi connectivity index (χ3n) is 5.09. The third kappa shape index (κ3) is 5.08. The van der Waals surface area contributed by atoms with E-state index in [-0.39, 0.29) is 18.3 Å². The number of nitrogens with one attached hydrogen (secondary N) is 1. The van der Waals surface area contributed by atoms with Crippen molar-refractivity contribution in [2.45, 2.75) is 32.9 Å². The van der Waals surface area contributed by atoms with E-state index < -0.39 is 6.10 Å². The first-order valence-electron chi connectivity index (χ1n) is 10.5. The first-order valence-corrected chi connectivity index (χ1v) is 10.5. The van der Waals surface area contributed by atoms with Crippen molar-refractivity contribution >= 4 is 5.91 Å². The molecule has 8 heteroatoms. The lowest BCUT2D eigenvalue weighted by Gasteiger charge is -2.15. The van der Waals surface area contributed by atoms with Crippen molar-refractivity contribution in [1.82, 2.24) is 15.1 Å². The van der Waals surface area contributed by atoms with Crippen LogP contribution in [0.5, 0.6) is 17.2 Å². The summed E-state index contributed by atoms with van der Waals surface area (Å²) in [5, 5.41) is 7.29. The number of fused-ring (bicyclic) bond motifs is 1. The summed E-state index contributed by atoms with van der Waals surface area (Å²) in [5.74, 6) is 1.54. The lowest BCUT2D eigenvalue weighted by Crippen LogP contribution is -2.37. The number of carbonyl (C=O) groups excluding carboxylic acids is 1. The normalized spacial score (nSPS) is 12.9. The number of hydrogen-bond donors (Lipinski definition) is 1. The lowest BCUT2D eigenvalue weighted by atomic mass is 10.1. The average molecular weight is 435 g/mol. The van der Waals surface area contributed by atoms with Gasteiger partial charge in [0.2, 0.25) is 6.79 Å². The molecule has 4 rings (SSSR count). The molecule has 0 bridgehead atoms. The summed E-state index contributed by atoms with van der Waals surface area (Å²) in [4.78, 5) is 24.5. The van der Waals surface area contributed by atoms with Gasteiger partial charge in [-0.15, -0.1) is 0 Å². The third-order valence-corrected chi connectivity index (χ3v) is 5.09. The van der Waals surface area contributed by atoms with Crippen LogP contribution in [0.15, 0.2) is 59.4 Å². The monoisotopic (exact) mass is 435 g/mol. The second-order valence-corrected chi connectivity index (χ2v) is 7.57. The van der Waals surface area contributed by atoms with Gasteiger partial charge in [-0.3, -0.25) is 9.59 Å². The smallest absolute Gasteiger partial charge is 0.266 e. The van der Waals surface area contributed by atoms with Crippen molar-refractivity contribution < 1.29 is 19.0 Å². The molecular formula is C24H25N3O5. The summed E-state index contributed by atoms with van der Waals surface area (Å²) in [6, 6.07) is 16.4. The molecule has 1 atom stereocenters. The highest BCUT2D eigenvalue weighted by molar-refractivity contribution is 5.80. The molecule has 3 aromatic rings. The Morgan fingerprint density at radius 2 is 1.91 bits per heavy atom. The summed E-state index contributed by atoms with van der Waals surface area (Å²) in [7, 11) is 0. The molecule has 2 heterocycles. The maximum atomic E-state index is 12.3. The zero-order valence-corrected chi connectivity index (χ0v) is 18.0. The zero-order chi connectivity index (χ0) is 22.5. The number of aromatic nitrogens is 2. The van der Waals surface area contributed by atoms with Crippen molar-refractivity contribution in [2.24, 2.45) is 0 Å². The van der Waals surface area contributed by atoms with Crippen molar-refractivity contribution in [1.29, 1.82) is 0 Å². The number of ether oxygens (including phenoxy) is 3. The number of nitrogens with zero attached hydrogens (tertiary/aromatic N) is 2. The highest BCUT2D eigenvalue weighted by Crippen LogP contribution is 2.35. The SMILES string of the molecule is Cc1ccc(-c2ccc(=O)n(CCCNC(=O)C(C)Oc3ccc4c(c3)OCO4)n2)cc1. The summed E-state index contributed by atoms with van der Waals surface area (Å²) in [6.07, 6.45) is -0.117. The Morgan fingerprint density at radius 1 is 1.12 bits per heavy atom. The largest absolute Gasteiger partial charge is 0.481 e.